The Bertz CT molecular complexity index is 4010. The van der Waals surface area contributed by atoms with Crippen molar-refractivity contribution in [2.75, 3.05) is 0 Å². The fourth-order valence-electron chi connectivity index (χ4n) is 11.3. The number of fused-ring (bicyclic) bond motifs is 15. The number of para-hydroxylation sites is 2. The molecule has 1 aliphatic rings. The molecule has 0 N–H and O–H groups in total. The van der Waals surface area contributed by atoms with Crippen LogP contribution in [0, 0.1) is 0 Å². The quantitative estimate of drug-likeness (QED) is 0.0983. The van der Waals surface area contributed by atoms with Gasteiger partial charge in [0.2, 0.25) is 0 Å². The number of hydrogen-bond acceptors (Lipinski definition) is 3. The number of rotatable bonds is 5. The molecule has 0 atom stereocenters. The summed E-state index contributed by atoms with van der Waals surface area (Å²) in [6.07, 6.45) is 0. The van der Waals surface area contributed by atoms with Crippen LogP contribution in [0.5, 0.6) is 0 Å². The van der Waals surface area contributed by atoms with E-state index in [9.17, 15) is 0 Å². The number of benzene rings is 11. The minimum atomic E-state index is -3.63. The Morgan fingerprint density at radius 3 is 1.20 bits per heavy atom. The maximum atomic E-state index is 17.2. The molecule has 0 unspecified atom stereocenters. The molecule has 2 aromatic heterocycles. The lowest BCUT2D eigenvalue weighted by molar-refractivity contribution is 0.592. The smallest absolute Gasteiger partial charge is 0.180 e. The van der Waals surface area contributed by atoms with Crippen molar-refractivity contribution in [1.29, 1.82) is 0 Å². The molecule has 5 heteroatoms. The third kappa shape index (κ3) is 5.04. The van der Waals surface area contributed by atoms with E-state index < -0.39 is 15.2 Å². The van der Waals surface area contributed by atoms with Gasteiger partial charge in [-0.1, -0.05) is 164 Å². The molecule has 3 nitrogen and oxygen atoms in total. The van der Waals surface area contributed by atoms with Gasteiger partial charge in [-0.25, -0.2) is 0 Å². The SMILES string of the molecule is O=P(c1ccc2c(c1)[Si](c1ccccc1)(c1ccccc1)c1cc3c4ccccc4c4ccccc4c3cc1-2)(c1ccc2oc3ccccc3c2c1)c1ccc2oc3ccccc3c2c1. The lowest BCUT2D eigenvalue weighted by Gasteiger charge is -2.32. The highest BCUT2D eigenvalue weighted by Crippen LogP contribution is 2.47. The van der Waals surface area contributed by atoms with Crippen LogP contribution < -0.4 is 36.7 Å². The van der Waals surface area contributed by atoms with E-state index in [-0.39, 0.29) is 0 Å². The van der Waals surface area contributed by atoms with Crippen LogP contribution in [0.3, 0.4) is 0 Å². The lowest BCUT2D eigenvalue weighted by Crippen LogP contribution is -2.73. The van der Waals surface area contributed by atoms with Gasteiger partial charge in [0.15, 0.2) is 15.2 Å². The van der Waals surface area contributed by atoms with Crippen molar-refractivity contribution in [2.45, 2.75) is 0 Å². The van der Waals surface area contributed by atoms with E-state index in [1.807, 2.05) is 60.7 Å². The molecule has 14 rings (SSSR count). The highest BCUT2D eigenvalue weighted by molar-refractivity contribution is 7.85. The summed E-state index contributed by atoms with van der Waals surface area (Å²) in [5.74, 6) is 0. The van der Waals surface area contributed by atoms with E-state index in [4.69, 9.17) is 8.83 Å². The fourth-order valence-corrected chi connectivity index (χ4v) is 19.4. The third-order valence-electron chi connectivity index (χ3n) is 14.2. The molecule has 0 amide bonds. The minimum absolute atomic E-state index is 0.759. The van der Waals surface area contributed by atoms with Gasteiger partial charge in [-0.2, -0.15) is 0 Å². The molecule has 65 heavy (non-hydrogen) atoms. The first-order valence-electron chi connectivity index (χ1n) is 22.2. The van der Waals surface area contributed by atoms with Gasteiger partial charge in [0.1, 0.15) is 22.3 Å². The van der Waals surface area contributed by atoms with Crippen molar-refractivity contribution >= 4 is 128 Å². The summed E-state index contributed by atoms with van der Waals surface area (Å²) in [7, 11) is -6.73. The molecule has 3 heterocycles. The Balaban J connectivity index is 1.11. The largest absolute Gasteiger partial charge is 0.456 e. The summed E-state index contributed by atoms with van der Waals surface area (Å²) < 4.78 is 29.9. The molecule has 0 aliphatic carbocycles. The van der Waals surface area contributed by atoms with E-state index in [2.05, 4.69) is 164 Å². The van der Waals surface area contributed by atoms with Gasteiger partial charge in [0.25, 0.3) is 0 Å². The molecule has 0 bridgehead atoms. The van der Waals surface area contributed by atoms with Gasteiger partial charge in [0, 0.05) is 37.5 Å². The van der Waals surface area contributed by atoms with Crippen molar-refractivity contribution < 1.29 is 13.4 Å². The Kier molecular flexibility index (Phi) is 7.69. The molecular weight excluding hydrogens is 828 g/mol. The van der Waals surface area contributed by atoms with Crippen LogP contribution in [0.25, 0.3) is 87.3 Å². The third-order valence-corrected chi connectivity index (χ3v) is 22.1. The van der Waals surface area contributed by atoms with E-state index >= 15 is 4.57 Å². The van der Waals surface area contributed by atoms with Crippen LogP contribution in [0.4, 0.5) is 0 Å². The summed E-state index contributed by atoms with van der Waals surface area (Å²) >= 11 is 0. The Morgan fingerprint density at radius 2 is 0.677 bits per heavy atom. The topological polar surface area (TPSA) is 43.4 Å². The van der Waals surface area contributed by atoms with Gasteiger partial charge >= 0.3 is 0 Å². The van der Waals surface area contributed by atoms with Crippen LogP contribution in [0.15, 0.2) is 233 Å². The zero-order valence-electron chi connectivity index (χ0n) is 35.0. The van der Waals surface area contributed by atoms with E-state index in [1.165, 1.54) is 64.2 Å². The summed E-state index contributed by atoms with van der Waals surface area (Å²) in [4.78, 5) is 0. The summed E-state index contributed by atoms with van der Waals surface area (Å²) in [5.41, 5.74) is 5.60. The Labute approximate surface area is 375 Å². The molecule has 304 valence electrons. The predicted molar refractivity (Wildman–Crippen MR) is 276 cm³/mol. The van der Waals surface area contributed by atoms with Gasteiger partial charge < -0.3 is 13.4 Å². The normalized spacial score (nSPS) is 13.4. The first-order valence-corrected chi connectivity index (χ1v) is 25.9. The molecule has 11 aromatic carbocycles. The lowest BCUT2D eigenvalue weighted by atomic mass is 9.92. The van der Waals surface area contributed by atoms with E-state index in [1.54, 1.807) is 0 Å². The first kappa shape index (κ1) is 36.7. The second-order valence-electron chi connectivity index (χ2n) is 17.4. The average Bonchev–Trinajstić information content (AvgIpc) is 4.03. The summed E-state index contributed by atoms with van der Waals surface area (Å²) in [6, 6.07) is 80.2. The standard InChI is InChI=1S/C60H37O3PSi/c61-64(38-28-31-57-52(33-38)47-23-11-13-25-55(47)62-57,39-29-32-58-53(34-39)48-24-12-14-26-56(48)63-58)40-27-30-49-54-36-50-45-21-9-7-19-43(45)44-20-8-10-22-46(44)51(50)37-60(54)65(59(49)35-40,41-15-3-1-4-16-41)42-17-5-2-6-18-42/h1-37H. The molecule has 0 fully saturated rings. The van der Waals surface area contributed by atoms with E-state index in [0.29, 0.717) is 0 Å². The van der Waals surface area contributed by atoms with Crippen molar-refractivity contribution in [3.8, 4) is 11.1 Å². The van der Waals surface area contributed by atoms with Crippen LogP contribution in [0.1, 0.15) is 0 Å². The number of furan rings is 2. The van der Waals surface area contributed by atoms with Crippen molar-refractivity contribution in [3.05, 3.63) is 224 Å². The predicted octanol–water partition coefficient (Wildman–Crippen LogP) is 11.9. The zero-order chi connectivity index (χ0) is 42.9. The van der Waals surface area contributed by atoms with E-state index in [0.717, 1.165) is 59.8 Å². The monoisotopic (exact) mass is 864 g/mol. The fraction of sp³-hybridized carbons (Fsp3) is 0. The van der Waals surface area contributed by atoms with Crippen LogP contribution in [0.2, 0.25) is 0 Å². The Morgan fingerprint density at radius 1 is 0.292 bits per heavy atom. The molecule has 0 spiro atoms. The maximum Gasteiger partial charge on any atom is 0.180 e. The maximum absolute atomic E-state index is 17.2. The zero-order valence-corrected chi connectivity index (χ0v) is 36.9. The summed E-state index contributed by atoms with van der Waals surface area (Å²) in [5, 5.41) is 18.9. The van der Waals surface area contributed by atoms with Gasteiger partial charge in [-0.05, 0) is 125 Å². The highest BCUT2D eigenvalue weighted by Gasteiger charge is 2.50. The van der Waals surface area contributed by atoms with Gasteiger partial charge in [-0.15, -0.1) is 0 Å². The second kappa shape index (κ2) is 13.6. The second-order valence-corrected chi connectivity index (χ2v) is 23.9. The summed E-state index contributed by atoms with van der Waals surface area (Å²) in [6.45, 7) is 0. The Hall–Kier alpha value is -7.75. The first-order chi connectivity index (χ1) is 32.1. The number of hydrogen-bond donors (Lipinski definition) is 0. The molecular formula is C60H37O3PSi. The van der Waals surface area contributed by atoms with Crippen LogP contribution in [-0.4, -0.2) is 8.07 Å². The van der Waals surface area contributed by atoms with Gasteiger partial charge in [-0.3, -0.25) is 0 Å². The molecule has 13 aromatic rings. The molecule has 0 saturated carbocycles. The van der Waals surface area contributed by atoms with Crippen molar-refractivity contribution in [3.63, 3.8) is 0 Å². The van der Waals surface area contributed by atoms with Crippen molar-refractivity contribution in [2.24, 2.45) is 0 Å². The van der Waals surface area contributed by atoms with Crippen LogP contribution >= 0.6 is 7.14 Å². The minimum Gasteiger partial charge on any atom is -0.456 e. The molecule has 0 radical (unpaired) electrons. The highest BCUT2D eigenvalue weighted by atomic mass is 31.2. The van der Waals surface area contributed by atoms with Crippen LogP contribution in [-0.2, 0) is 4.57 Å². The molecule has 1 aliphatic heterocycles. The van der Waals surface area contributed by atoms with Gasteiger partial charge in [0.05, 0.1) is 0 Å². The van der Waals surface area contributed by atoms with Crippen molar-refractivity contribution in [1.82, 2.24) is 0 Å². The molecule has 0 saturated heterocycles. The average molecular weight is 865 g/mol.